The molecule has 0 saturated carbocycles. The zero-order valence-corrected chi connectivity index (χ0v) is 16.5. The van der Waals surface area contributed by atoms with Crippen LogP contribution in [0.1, 0.15) is 5.56 Å². The number of hydrogen-bond donors (Lipinski definition) is 1. The molecule has 2 aromatic heterocycles. The van der Waals surface area contributed by atoms with Gasteiger partial charge in [-0.15, -0.1) is 0 Å². The first-order valence-electron chi connectivity index (χ1n) is 8.50. The minimum Gasteiger partial charge on any atom is -0.508 e. The molecule has 2 heterocycles. The molecule has 3 aromatic carbocycles. The van der Waals surface area contributed by atoms with E-state index in [2.05, 4.69) is 0 Å². The first-order chi connectivity index (χ1) is 14.1. The summed E-state index contributed by atoms with van der Waals surface area (Å²) in [6, 6.07) is 19.9. The number of phenols is 1. The molecule has 5 aromatic rings. The number of ether oxygens (including phenoxy) is 1. The number of hydrogen-bond acceptors (Lipinski definition) is 8. The fourth-order valence-corrected chi connectivity index (χ4v) is 3.84. The molecule has 0 bridgehead atoms. The highest BCUT2D eigenvalue weighted by Crippen LogP contribution is 2.23. The van der Waals surface area contributed by atoms with Gasteiger partial charge in [-0.1, -0.05) is 53.0 Å². The standard InChI is InChI=1S/C14H10O3S.C7H4O3S/c15-14-17-12-8-11(6-7-13(12)18-14)16-9-10-4-2-1-3-5-10;8-4-1-2-6-5(3-4)10-7(9)11-6/h1-8H,9H2;1-3,8H. The van der Waals surface area contributed by atoms with Crippen molar-refractivity contribution in [1.82, 2.24) is 0 Å². The van der Waals surface area contributed by atoms with Crippen molar-refractivity contribution in [3.8, 4) is 11.5 Å². The molecule has 0 radical (unpaired) electrons. The fourth-order valence-electron chi connectivity index (χ4n) is 2.54. The Kier molecular flexibility index (Phi) is 5.46. The van der Waals surface area contributed by atoms with Crippen molar-refractivity contribution in [1.29, 1.82) is 0 Å². The maximum atomic E-state index is 11.1. The summed E-state index contributed by atoms with van der Waals surface area (Å²) in [6.07, 6.45) is 0. The normalized spacial score (nSPS) is 10.6. The van der Waals surface area contributed by atoms with Crippen LogP contribution in [0, 0.1) is 0 Å². The molecule has 0 aliphatic rings. The van der Waals surface area contributed by atoms with Gasteiger partial charge in [0, 0.05) is 12.1 Å². The molecule has 0 saturated heterocycles. The van der Waals surface area contributed by atoms with E-state index in [0.29, 0.717) is 23.5 Å². The summed E-state index contributed by atoms with van der Waals surface area (Å²) < 4.78 is 17.0. The molecule has 29 heavy (non-hydrogen) atoms. The minimum absolute atomic E-state index is 0.110. The third kappa shape index (κ3) is 4.74. The molecule has 8 heteroatoms. The summed E-state index contributed by atoms with van der Waals surface area (Å²) in [6.45, 7) is 0.501. The average molecular weight is 426 g/mol. The predicted octanol–water partition coefficient (Wildman–Crippen LogP) is 4.99. The molecule has 0 unspecified atom stereocenters. The lowest BCUT2D eigenvalue weighted by molar-refractivity contribution is 0.306. The monoisotopic (exact) mass is 426 g/mol. The van der Waals surface area contributed by atoms with Crippen molar-refractivity contribution in [3.63, 3.8) is 0 Å². The second-order valence-corrected chi connectivity index (χ2v) is 7.88. The second-order valence-electron chi connectivity index (χ2n) is 5.92. The van der Waals surface area contributed by atoms with Crippen molar-refractivity contribution in [3.05, 3.63) is 91.8 Å². The van der Waals surface area contributed by atoms with Gasteiger partial charge in [0.05, 0.1) is 9.40 Å². The van der Waals surface area contributed by atoms with E-state index in [1.54, 1.807) is 12.1 Å². The summed E-state index contributed by atoms with van der Waals surface area (Å²) in [5.74, 6) is 0.812. The van der Waals surface area contributed by atoms with Crippen LogP contribution < -0.4 is 14.6 Å². The van der Waals surface area contributed by atoms with Crippen molar-refractivity contribution in [2.45, 2.75) is 6.61 Å². The highest BCUT2D eigenvalue weighted by Gasteiger charge is 2.04. The second kappa shape index (κ2) is 8.34. The molecule has 0 amide bonds. The van der Waals surface area contributed by atoms with Gasteiger partial charge in [-0.3, -0.25) is 0 Å². The van der Waals surface area contributed by atoms with Gasteiger partial charge in [-0.25, -0.2) is 9.59 Å². The summed E-state index contributed by atoms with van der Waals surface area (Å²) in [5, 5.41) is 8.98. The Morgan fingerprint density at radius 2 is 1.41 bits per heavy atom. The molecule has 0 atom stereocenters. The van der Waals surface area contributed by atoms with Gasteiger partial charge < -0.3 is 18.7 Å². The Balaban J connectivity index is 0.000000159. The third-order valence-electron chi connectivity index (χ3n) is 3.86. The van der Waals surface area contributed by atoms with Gasteiger partial charge in [0.1, 0.15) is 18.1 Å². The van der Waals surface area contributed by atoms with E-state index in [4.69, 9.17) is 18.7 Å². The molecular formula is C21H14O6S2. The van der Waals surface area contributed by atoms with Gasteiger partial charge in [0.2, 0.25) is 0 Å². The summed E-state index contributed by atoms with van der Waals surface area (Å²) in [5.41, 5.74) is 2.12. The first-order valence-corrected chi connectivity index (χ1v) is 10.1. The lowest BCUT2D eigenvalue weighted by Crippen LogP contribution is -1.94. The van der Waals surface area contributed by atoms with E-state index in [0.717, 1.165) is 37.6 Å². The maximum Gasteiger partial charge on any atom is 0.396 e. The van der Waals surface area contributed by atoms with Crippen LogP contribution in [0.2, 0.25) is 0 Å². The van der Waals surface area contributed by atoms with Gasteiger partial charge >= 0.3 is 9.88 Å². The summed E-state index contributed by atoms with van der Waals surface area (Å²) in [4.78, 5) is 21.1. The molecule has 0 spiro atoms. The molecule has 1 N–H and O–H groups in total. The predicted molar refractivity (Wildman–Crippen MR) is 113 cm³/mol. The lowest BCUT2D eigenvalue weighted by Gasteiger charge is -2.05. The number of rotatable bonds is 3. The molecule has 146 valence electrons. The topological polar surface area (TPSA) is 89.9 Å². The van der Waals surface area contributed by atoms with Crippen LogP contribution >= 0.6 is 22.7 Å². The van der Waals surface area contributed by atoms with Gasteiger partial charge in [-0.05, 0) is 29.8 Å². The molecule has 0 fully saturated rings. The Morgan fingerprint density at radius 1 is 0.793 bits per heavy atom. The van der Waals surface area contributed by atoms with E-state index in [1.807, 2.05) is 42.5 Å². The van der Waals surface area contributed by atoms with Gasteiger partial charge in [-0.2, -0.15) is 0 Å². The lowest BCUT2D eigenvalue weighted by atomic mass is 10.2. The summed E-state index contributed by atoms with van der Waals surface area (Å²) in [7, 11) is 0. The first kappa shape index (κ1) is 19.0. The van der Waals surface area contributed by atoms with Crippen molar-refractivity contribution in [2.24, 2.45) is 0 Å². The molecule has 0 aliphatic heterocycles. The number of phenolic OH excluding ortho intramolecular Hbond substituents is 1. The van der Waals surface area contributed by atoms with E-state index in [1.165, 1.54) is 12.1 Å². The van der Waals surface area contributed by atoms with Gasteiger partial charge in [0.25, 0.3) is 0 Å². The van der Waals surface area contributed by atoms with E-state index < -0.39 is 0 Å². The molecular weight excluding hydrogens is 412 g/mol. The maximum absolute atomic E-state index is 11.1. The molecule has 6 nitrogen and oxygen atoms in total. The number of fused-ring (bicyclic) bond motifs is 2. The Hall–Kier alpha value is -3.36. The molecule has 0 aliphatic carbocycles. The average Bonchev–Trinajstić information content (AvgIpc) is 3.27. The van der Waals surface area contributed by atoms with Crippen LogP contribution in [0.25, 0.3) is 20.6 Å². The van der Waals surface area contributed by atoms with Crippen molar-refractivity contribution >= 4 is 43.2 Å². The highest BCUT2D eigenvalue weighted by atomic mass is 32.1. The van der Waals surface area contributed by atoms with Crippen molar-refractivity contribution in [2.75, 3.05) is 0 Å². The smallest absolute Gasteiger partial charge is 0.396 e. The van der Waals surface area contributed by atoms with Crippen LogP contribution in [0.4, 0.5) is 0 Å². The van der Waals surface area contributed by atoms with Gasteiger partial charge in [0.15, 0.2) is 11.2 Å². The van der Waals surface area contributed by atoms with Crippen LogP contribution in [-0.4, -0.2) is 5.11 Å². The van der Waals surface area contributed by atoms with E-state index in [-0.39, 0.29) is 15.6 Å². The van der Waals surface area contributed by atoms with E-state index >= 15 is 0 Å². The SMILES string of the molecule is O=c1oc2cc(O)ccc2s1.O=c1oc2cc(OCc3ccccc3)ccc2s1. The van der Waals surface area contributed by atoms with Crippen LogP contribution in [-0.2, 0) is 6.61 Å². The summed E-state index contributed by atoms with van der Waals surface area (Å²) >= 11 is 2.13. The third-order valence-corrected chi connectivity index (χ3v) is 5.48. The highest BCUT2D eigenvalue weighted by molar-refractivity contribution is 7.16. The Bertz CT molecular complexity index is 1360. The van der Waals surface area contributed by atoms with Crippen LogP contribution in [0.15, 0.2) is 85.2 Å². The molecule has 5 rings (SSSR count). The number of aromatic hydroxyl groups is 1. The quantitative estimate of drug-likeness (QED) is 0.437. The largest absolute Gasteiger partial charge is 0.508 e. The number of benzene rings is 3. The Labute approximate surface area is 171 Å². The van der Waals surface area contributed by atoms with Crippen LogP contribution in [0.3, 0.4) is 0 Å². The van der Waals surface area contributed by atoms with Crippen LogP contribution in [0.5, 0.6) is 11.5 Å². The van der Waals surface area contributed by atoms with E-state index in [9.17, 15) is 9.59 Å². The zero-order valence-electron chi connectivity index (χ0n) is 14.9. The van der Waals surface area contributed by atoms with Crippen molar-refractivity contribution < 1.29 is 18.7 Å². The zero-order chi connectivity index (χ0) is 20.2. The Morgan fingerprint density at radius 3 is 2.10 bits per heavy atom. The minimum atomic E-state index is -0.342. The fraction of sp³-hybridized carbons (Fsp3) is 0.0476.